The minimum absolute atomic E-state index is 0.253. The minimum atomic E-state index is -1.14. The van der Waals surface area contributed by atoms with E-state index < -0.39 is 19.7 Å². The molecule has 10 nitrogen and oxygen atoms in total. The summed E-state index contributed by atoms with van der Waals surface area (Å²) in [5.41, 5.74) is 2.07. The smallest absolute Gasteiger partial charge is 0.407 e. The van der Waals surface area contributed by atoms with Gasteiger partial charge in [-0.25, -0.2) is 14.8 Å². The Morgan fingerprint density at radius 3 is 2.69 bits per heavy atom. The molecule has 1 aliphatic heterocycles. The normalized spacial score (nSPS) is 23.8. The van der Waals surface area contributed by atoms with Gasteiger partial charge in [0.2, 0.25) is 0 Å². The molecule has 4 heterocycles. The van der Waals surface area contributed by atoms with Crippen molar-refractivity contribution >= 4 is 25.2 Å². The summed E-state index contributed by atoms with van der Waals surface area (Å²) in [6.45, 7) is 9.26. The van der Waals surface area contributed by atoms with E-state index in [1.54, 1.807) is 12.5 Å². The van der Waals surface area contributed by atoms with E-state index in [4.69, 9.17) is 9.84 Å². The first-order chi connectivity index (χ1) is 17.2. The van der Waals surface area contributed by atoms with Crippen molar-refractivity contribution in [3.05, 3.63) is 31.0 Å². The molecule has 1 saturated heterocycles. The molecule has 11 heteroatoms. The van der Waals surface area contributed by atoms with Crippen LogP contribution in [-0.2, 0) is 17.0 Å². The number of likely N-dealkylation sites (tertiary alicyclic amines) is 1. The van der Waals surface area contributed by atoms with Gasteiger partial charge in [0.05, 0.1) is 29.9 Å². The van der Waals surface area contributed by atoms with Gasteiger partial charge in [0.1, 0.15) is 18.7 Å². The highest BCUT2D eigenvalue weighted by Gasteiger charge is 2.51. The Balaban J connectivity index is 1.36. The van der Waals surface area contributed by atoms with Gasteiger partial charge in [0, 0.05) is 51.1 Å². The number of amides is 1. The highest BCUT2D eigenvalue weighted by molar-refractivity contribution is 6.76. The fourth-order valence-electron chi connectivity index (χ4n) is 5.76. The number of aromatic nitrogens is 5. The van der Waals surface area contributed by atoms with Crippen LogP contribution >= 0.6 is 0 Å². The summed E-state index contributed by atoms with van der Waals surface area (Å²) in [5.74, 6) is 0.505. The second-order valence-electron chi connectivity index (χ2n) is 11.4. The van der Waals surface area contributed by atoms with Crippen LogP contribution in [0.4, 0.5) is 4.79 Å². The van der Waals surface area contributed by atoms with Gasteiger partial charge in [0.25, 0.3) is 0 Å². The number of fused-ring (bicyclic) bond motifs is 2. The van der Waals surface area contributed by atoms with Gasteiger partial charge in [0.15, 0.2) is 0 Å². The topological polar surface area (TPSA) is 122 Å². The second kappa shape index (κ2) is 9.33. The van der Waals surface area contributed by atoms with Crippen LogP contribution in [-0.4, -0.2) is 68.2 Å². The Labute approximate surface area is 211 Å². The SMILES string of the molecule is C[Si](C)(C)CCOCn1ccc2c(-c3cnn(C4(CC#N)CC5CN(C(=O)O)CC5C4)c3)ncnc21. The Bertz CT molecular complexity index is 1290. The number of nitrogens with zero attached hydrogens (tertiary/aromatic N) is 7. The molecule has 2 atom stereocenters. The molecule has 3 aromatic rings. The molecule has 1 amide bonds. The lowest BCUT2D eigenvalue weighted by Gasteiger charge is -2.29. The lowest BCUT2D eigenvalue weighted by atomic mass is 9.92. The minimum Gasteiger partial charge on any atom is -0.465 e. The van der Waals surface area contributed by atoms with Gasteiger partial charge in [-0.15, -0.1) is 0 Å². The van der Waals surface area contributed by atoms with E-state index >= 15 is 0 Å². The molecule has 2 unspecified atom stereocenters. The number of rotatable bonds is 8. The van der Waals surface area contributed by atoms with Crippen molar-refractivity contribution in [2.24, 2.45) is 11.8 Å². The Morgan fingerprint density at radius 1 is 1.28 bits per heavy atom. The summed E-state index contributed by atoms with van der Waals surface area (Å²) in [7, 11) is -1.14. The first-order valence-electron chi connectivity index (χ1n) is 12.5. The standard InChI is InChI=1S/C25H33N7O3Si/c1-36(2,3)9-8-35-17-30-7-4-21-22(27-16-28-23(21)30)20-12-29-32(15-20)25(5-6-26)10-18-13-31(24(33)34)14-19(18)11-25/h4,7,12,15-16,18-19H,5,8-11,13-14,17H2,1-3H3,(H,33,34). The zero-order valence-electron chi connectivity index (χ0n) is 21.1. The van der Waals surface area contributed by atoms with Crippen molar-refractivity contribution < 1.29 is 14.6 Å². The summed E-state index contributed by atoms with van der Waals surface area (Å²) >= 11 is 0. The van der Waals surface area contributed by atoms with Crippen molar-refractivity contribution in [3.63, 3.8) is 0 Å². The third-order valence-electron chi connectivity index (χ3n) is 7.66. The van der Waals surface area contributed by atoms with E-state index in [9.17, 15) is 15.2 Å². The first kappa shape index (κ1) is 24.5. The summed E-state index contributed by atoms with van der Waals surface area (Å²) < 4.78 is 9.86. The monoisotopic (exact) mass is 507 g/mol. The van der Waals surface area contributed by atoms with E-state index in [-0.39, 0.29) is 11.8 Å². The molecule has 0 bridgehead atoms. The summed E-state index contributed by atoms with van der Waals surface area (Å²) in [6, 6.07) is 5.48. The largest absolute Gasteiger partial charge is 0.465 e. The number of nitriles is 1. The van der Waals surface area contributed by atoms with Crippen LogP contribution in [0.3, 0.4) is 0 Å². The maximum Gasteiger partial charge on any atom is 0.407 e. The maximum absolute atomic E-state index is 11.4. The van der Waals surface area contributed by atoms with E-state index in [1.807, 2.05) is 27.7 Å². The van der Waals surface area contributed by atoms with E-state index in [1.165, 1.54) is 4.90 Å². The van der Waals surface area contributed by atoms with E-state index in [0.717, 1.165) is 47.8 Å². The van der Waals surface area contributed by atoms with Gasteiger partial charge in [-0.1, -0.05) is 19.6 Å². The number of hydrogen-bond acceptors (Lipinski definition) is 6. The molecule has 1 aliphatic carbocycles. The van der Waals surface area contributed by atoms with Crippen molar-refractivity contribution in [3.8, 4) is 17.3 Å². The van der Waals surface area contributed by atoms with Crippen molar-refractivity contribution in [2.45, 2.75) is 57.2 Å². The third kappa shape index (κ3) is 4.63. The second-order valence-corrected chi connectivity index (χ2v) is 17.1. The quantitative estimate of drug-likeness (QED) is 0.357. The van der Waals surface area contributed by atoms with Gasteiger partial charge >= 0.3 is 6.09 Å². The molecule has 3 aromatic heterocycles. The fourth-order valence-corrected chi connectivity index (χ4v) is 6.52. The Hall–Kier alpha value is -3.23. The van der Waals surface area contributed by atoms with Crippen molar-refractivity contribution in [1.29, 1.82) is 5.26 Å². The third-order valence-corrected chi connectivity index (χ3v) is 9.37. The van der Waals surface area contributed by atoms with Gasteiger partial charge in [-0.3, -0.25) is 4.68 Å². The highest BCUT2D eigenvalue weighted by Crippen LogP contribution is 2.49. The highest BCUT2D eigenvalue weighted by atomic mass is 28.3. The molecule has 190 valence electrons. The van der Waals surface area contributed by atoms with E-state index in [2.05, 4.69) is 35.7 Å². The van der Waals surface area contributed by atoms with Crippen LogP contribution in [0, 0.1) is 23.2 Å². The molecule has 0 radical (unpaired) electrons. The molecule has 1 saturated carbocycles. The zero-order chi connectivity index (χ0) is 25.5. The van der Waals surface area contributed by atoms with Gasteiger partial charge < -0.3 is 19.3 Å². The molecule has 1 N–H and O–H groups in total. The van der Waals surface area contributed by atoms with Crippen LogP contribution in [0.15, 0.2) is 31.0 Å². The van der Waals surface area contributed by atoms with Crippen LogP contribution in [0.5, 0.6) is 0 Å². The molecule has 0 aromatic carbocycles. The average Bonchev–Trinajstić information content (AvgIpc) is 3.58. The summed E-state index contributed by atoms with van der Waals surface area (Å²) in [6.07, 6.45) is 8.32. The maximum atomic E-state index is 11.4. The van der Waals surface area contributed by atoms with Crippen LogP contribution in [0.2, 0.25) is 25.7 Å². The predicted octanol–water partition coefficient (Wildman–Crippen LogP) is 4.24. The van der Waals surface area contributed by atoms with Gasteiger partial charge in [-0.05, 0) is 36.8 Å². The molecule has 2 fully saturated rings. The summed E-state index contributed by atoms with van der Waals surface area (Å²) in [5, 5.41) is 24.6. The molecule has 0 spiro atoms. The molecule has 2 aliphatic rings. The summed E-state index contributed by atoms with van der Waals surface area (Å²) in [4.78, 5) is 22.0. The zero-order valence-corrected chi connectivity index (χ0v) is 22.1. The van der Waals surface area contributed by atoms with Gasteiger partial charge in [-0.2, -0.15) is 10.4 Å². The van der Waals surface area contributed by atoms with Crippen LogP contribution in [0.25, 0.3) is 22.3 Å². The first-order valence-corrected chi connectivity index (χ1v) is 16.2. The van der Waals surface area contributed by atoms with Crippen molar-refractivity contribution in [1.82, 2.24) is 29.2 Å². The lowest BCUT2D eigenvalue weighted by Crippen LogP contribution is -2.35. The fraction of sp³-hybridized carbons (Fsp3) is 0.560. The lowest BCUT2D eigenvalue weighted by molar-refractivity contribution is 0.0899. The number of carbonyl (C=O) groups is 1. The number of hydrogen-bond donors (Lipinski definition) is 1. The molecular weight excluding hydrogens is 474 g/mol. The molecule has 36 heavy (non-hydrogen) atoms. The molecule has 5 rings (SSSR count). The van der Waals surface area contributed by atoms with Crippen LogP contribution < -0.4 is 0 Å². The molecular formula is C25H33N7O3Si. The average molecular weight is 508 g/mol. The number of carboxylic acid groups (broad SMARTS) is 1. The van der Waals surface area contributed by atoms with Crippen molar-refractivity contribution in [2.75, 3.05) is 19.7 Å². The Morgan fingerprint density at radius 2 is 2.03 bits per heavy atom. The Kier molecular flexibility index (Phi) is 6.34. The van der Waals surface area contributed by atoms with Crippen LogP contribution in [0.1, 0.15) is 19.3 Å². The predicted molar refractivity (Wildman–Crippen MR) is 137 cm³/mol. The van der Waals surface area contributed by atoms with E-state index in [0.29, 0.717) is 26.2 Å². The number of ether oxygens (including phenoxy) is 1.